The molecule has 4 heterocycles. The van der Waals surface area contributed by atoms with E-state index in [1.807, 2.05) is 6.92 Å². The van der Waals surface area contributed by atoms with Gasteiger partial charge >= 0.3 is 0 Å². The lowest BCUT2D eigenvalue weighted by Gasteiger charge is -2.29. The second-order valence-corrected chi connectivity index (χ2v) is 8.96. The van der Waals surface area contributed by atoms with Crippen molar-refractivity contribution < 1.29 is 23.9 Å². The van der Waals surface area contributed by atoms with E-state index in [0.29, 0.717) is 30.8 Å². The van der Waals surface area contributed by atoms with Crippen LogP contribution >= 0.6 is 0 Å². The summed E-state index contributed by atoms with van der Waals surface area (Å²) in [6.07, 6.45) is 5.05. The van der Waals surface area contributed by atoms with Gasteiger partial charge in [0.15, 0.2) is 5.69 Å². The van der Waals surface area contributed by atoms with E-state index in [1.54, 1.807) is 18.2 Å². The van der Waals surface area contributed by atoms with Crippen molar-refractivity contribution in [1.82, 2.24) is 30.5 Å². The van der Waals surface area contributed by atoms with Gasteiger partial charge in [-0.15, -0.1) is 5.10 Å². The smallest absolute Gasteiger partial charge is 0.273 e. The monoisotopic (exact) mass is 466 g/mol. The number of imide groups is 1. The summed E-state index contributed by atoms with van der Waals surface area (Å²) in [5.41, 5.74) is 2.00. The predicted octanol–water partition coefficient (Wildman–Crippen LogP) is 0.716. The number of carbonyl (C=O) groups is 4. The standard InChI is InChI=1S/C23H26N6O5/c1-13(19-4-2-3-9-34-19)24-21(31)17-12-29(27-26-17)15-6-5-14-11-28(23(33)16(14)10-15)18-7-8-20(30)25-22(18)32/h5-6,10,12-13,18-19H,2-4,7-9,11H2,1H3,(H,24,31)(H,25,30,32). The summed E-state index contributed by atoms with van der Waals surface area (Å²) in [7, 11) is 0. The molecule has 3 unspecified atom stereocenters. The second kappa shape index (κ2) is 8.98. The lowest BCUT2D eigenvalue weighted by atomic mass is 10.0. The van der Waals surface area contributed by atoms with Crippen LogP contribution in [0.15, 0.2) is 24.4 Å². The molecule has 11 nitrogen and oxygen atoms in total. The average molecular weight is 466 g/mol. The highest BCUT2D eigenvalue weighted by Crippen LogP contribution is 2.29. The second-order valence-electron chi connectivity index (χ2n) is 8.96. The number of hydrogen-bond donors (Lipinski definition) is 2. The van der Waals surface area contributed by atoms with Crippen molar-refractivity contribution in [3.63, 3.8) is 0 Å². The molecule has 0 bridgehead atoms. The fraction of sp³-hybridized carbons (Fsp3) is 0.478. The summed E-state index contributed by atoms with van der Waals surface area (Å²) in [5, 5.41) is 13.3. The first kappa shape index (κ1) is 22.2. The van der Waals surface area contributed by atoms with Crippen LogP contribution in [0.5, 0.6) is 0 Å². The molecule has 3 aliphatic heterocycles. The van der Waals surface area contributed by atoms with Gasteiger partial charge in [-0.3, -0.25) is 24.5 Å². The summed E-state index contributed by atoms with van der Waals surface area (Å²) < 4.78 is 7.18. The van der Waals surface area contributed by atoms with Gasteiger partial charge in [0, 0.05) is 25.1 Å². The van der Waals surface area contributed by atoms with Gasteiger partial charge in [-0.25, -0.2) is 4.68 Å². The first-order valence-electron chi connectivity index (χ1n) is 11.5. The molecule has 3 aliphatic rings. The average Bonchev–Trinajstić information content (AvgIpc) is 3.45. The number of ether oxygens (including phenoxy) is 1. The molecule has 1 aromatic carbocycles. The first-order valence-corrected chi connectivity index (χ1v) is 11.5. The highest BCUT2D eigenvalue weighted by Gasteiger charge is 2.39. The van der Waals surface area contributed by atoms with E-state index >= 15 is 0 Å². The molecule has 0 radical (unpaired) electrons. The molecule has 1 aromatic heterocycles. The summed E-state index contributed by atoms with van der Waals surface area (Å²) >= 11 is 0. The van der Waals surface area contributed by atoms with E-state index in [0.717, 1.165) is 24.8 Å². The molecule has 4 amide bonds. The zero-order valence-electron chi connectivity index (χ0n) is 18.8. The molecule has 178 valence electrons. The Morgan fingerprint density at radius 2 is 2.09 bits per heavy atom. The van der Waals surface area contributed by atoms with Crippen molar-refractivity contribution in [1.29, 1.82) is 0 Å². The molecule has 2 fully saturated rings. The van der Waals surface area contributed by atoms with Gasteiger partial charge in [0.05, 0.1) is 24.0 Å². The van der Waals surface area contributed by atoms with Crippen LogP contribution in [-0.4, -0.2) is 68.3 Å². The molecule has 3 atom stereocenters. The maximum atomic E-state index is 13.0. The van der Waals surface area contributed by atoms with Crippen LogP contribution < -0.4 is 10.6 Å². The predicted molar refractivity (Wildman–Crippen MR) is 118 cm³/mol. The Morgan fingerprint density at radius 3 is 2.85 bits per heavy atom. The van der Waals surface area contributed by atoms with Crippen molar-refractivity contribution >= 4 is 23.6 Å². The largest absolute Gasteiger partial charge is 0.376 e. The number of nitrogens with one attached hydrogen (secondary N) is 2. The highest BCUT2D eigenvalue weighted by molar-refractivity contribution is 6.05. The van der Waals surface area contributed by atoms with E-state index in [1.165, 1.54) is 15.8 Å². The van der Waals surface area contributed by atoms with Crippen molar-refractivity contribution in [2.45, 2.75) is 63.8 Å². The number of amides is 4. The summed E-state index contributed by atoms with van der Waals surface area (Å²) in [6, 6.07) is 4.46. The highest BCUT2D eigenvalue weighted by atomic mass is 16.5. The number of benzene rings is 1. The van der Waals surface area contributed by atoms with Crippen LogP contribution in [-0.2, 0) is 20.9 Å². The topological polar surface area (TPSA) is 136 Å². The molecule has 2 N–H and O–H groups in total. The number of nitrogens with zero attached hydrogens (tertiary/aromatic N) is 4. The van der Waals surface area contributed by atoms with Gasteiger partial charge in [0.2, 0.25) is 11.8 Å². The van der Waals surface area contributed by atoms with Crippen molar-refractivity contribution in [2.75, 3.05) is 6.61 Å². The molecule has 0 saturated carbocycles. The number of piperidine rings is 1. The van der Waals surface area contributed by atoms with Gasteiger partial charge in [0.1, 0.15) is 6.04 Å². The Kier molecular flexibility index (Phi) is 5.86. The molecule has 34 heavy (non-hydrogen) atoms. The zero-order chi connectivity index (χ0) is 23.8. The summed E-state index contributed by atoms with van der Waals surface area (Å²) in [4.78, 5) is 50.8. The maximum Gasteiger partial charge on any atom is 0.273 e. The van der Waals surface area contributed by atoms with Crippen molar-refractivity contribution in [3.05, 3.63) is 41.2 Å². The minimum Gasteiger partial charge on any atom is -0.376 e. The molecular weight excluding hydrogens is 440 g/mol. The minimum atomic E-state index is -0.669. The quantitative estimate of drug-likeness (QED) is 0.620. The van der Waals surface area contributed by atoms with Gasteiger partial charge in [-0.05, 0) is 50.3 Å². The molecule has 5 rings (SSSR count). The van der Waals surface area contributed by atoms with Crippen LogP contribution in [0.2, 0.25) is 0 Å². The van der Waals surface area contributed by atoms with Crippen molar-refractivity contribution in [3.8, 4) is 5.69 Å². The molecular formula is C23H26N6O5. The van der Waals surface area contributed by atoms with Gasteiger partial charge in [-0.1, -0.05) is 11.3 Å². The van der Waals surface area contributed by atoms with E-state index in [2.05, 4.69) is 20.9 Å². The van der Waals surface area contributed by atoms with E-state index in [-0.39, 0.29) is 42.0 Å². The van der Waals surface area contributed by atoms with E-state index in [4.69, 9.17) is 4.74 Å². The van der Waals surface area contributed by atoms with Crippen LogP contribution in [0, 0.1) is 0 Å². The van der Waals surface area contributed by atoms with Crippen molar-refractivity contribution in [2.24, 2.45) is 0 Å². The van der Waals surface area contributed by atoms with E-state index < -0.39 is 11.9 Å². The normalized spacial score (nSPS) is 23.4. The molecule has 2 aromatic rings. The SMILES string of the molecule is CC(NC(=O)c1cn(-c2ccc3c(c2)C(=O)N(C2CCC(=O)NC2=O)C3)nn1)C1CCCCO1. The van der Waals surface area contributed by atoms with Crippen LogP contribution in [0.4, 0.5) is 0 Å². The van der Waals surface area contributed by atoms with E-state index in [9.17, 15) is 19.2 Å². The van der Waals surface area contributed by atoms with Crippen LogP contribution in [0.25, 0.3) is 5.69 Å². The first-order chi connectivity index (χ1) is 16.4. The Hall–Kier alpha value is -3.60. The number of hydrogen-bond acceptors (Lipinski definition) is 7. The molecule has 0 aliphatic carbocycles. The Balaban J connectivity index is 1.28. The Bertz CT molecular complexity index is 1150. The number of fused-ring (bicyclic) bond motifs is 1. The Labute approximate surface area is 195 Å². The maximum absolute atomic E-state index is 13.0. The lowest BCUT2D eigenvalue weighted by Crippen LogP contribution is -2.52. The fourth-order valence-corrected chi connectivity index (χ4v) is 4.71. The fourth-order valence-electron chi connectivity index (χ4n) is 4.71. The third-order valence-corrected chi connectivity index (χ3v) is 6.63. The Morgan fingerprint density at radius 1 is 1.24 bits per heavy atom. The number of carbonyl (C=O) groups excluding carboxylic acids is 4. The number of aromatic nitrogens is 3. The molecule has 11 heteroatoms. The van der Waals surface area contributed by atoms with Gasteiger partial charge < -0.3 is 15.0 Å². The van der Waals surface area contributed by atoms with Crippen LogP contribution in [0.3, 0.4) is 0 Å². The summed E-state index contributed by atoms with van der Waals surface area (Å²) in [5.74, 6) is -1.38. The minimum absolute atomic E-state index is 0.0113. The van der Waals surface area contributed by atoms with Gasteiger partial charge in [-0.2, -0.15) is 0 Å². The number of rotatable bonds is 5. The van der Waals surface area contributed by atoms with Gasteiger partial charge in [0.25, 0.3) is 11.8 Å². The third-order valence-electron chi connectivity index (χ3n) is 6.63. The zero-order valence-corrected chi connectivity index (χ0v) is 18.8. The lowest BCUT2D eigenvalue weighted by molar-refractivity contribution is -0.136. The molecule has 0 spiro atoms. The third kappa shape index (κ3) is 4.18. The summed E-state index contributed by atoms with van der Waals surface area (Å²) in [6.45, 7) is 2.92. The molecule has 2 saturated heterocycles. The van der Waals surface area contributed by atoms with Crippen LogP contribution in [0.1, 0.15) is 65.4 Å².